The molecule has 0 aliphatic carbocycles. The Hall–Kier alpha value is -3.18. The maximum atomic E-state index is 12.6. The molecule has 2 aliphatic rings. The molecule has 188 valence electrons. The van der Waals surface area contributed by atoms with Crippen LogP contribution in [0.15, 0.2) is 60.7 Å². The average Bonchev–Trinajstić information content (AvgIpc) is 3.21. The molecule has 0 bridgehead atoms. The molecule has 2 heterocycles. The summed E-state index contributed by atoms with van der Waals surface area (Å²) < 4.78 is 22.2. The van der Waals surface area contributed by atoms with E-state index in [4.69, 9.17) is 18.9 Å². The summed E-state index contributed by atoms with van der Waals surface area (Å²) in [7, 11) is 0. The first kappa shape index (κ1) is 24.9. The number of nitrogens with zero attached hydrogens (tertiary/aromatic N) is 1. The number of carbonyl (C=O) groups is 2. The van der Waals surface area contributed by atoms with Crippen LogP contribution >= 0.6 is 0 Å². The highest BCUT2D eigenvalue weighted by Crippen LogP contribution is 2.39. The second-order valence-corrected chi connectivity index (χ2v) is 8.62. The van der Waals surface area contributed by atoms with Crippen LogP contribution in [-0.2, 0) is 32.2 Å². The first-order chi connectivity index (χ1) is 16.8. The maximum Gasteiger partial charge on any atom is 0.410 e. The third kappa shape index (κ3) is 5.91. The summed E-state index contributed by atoms with van der Waals surface area (Å²) >= 11 is 0. The second kappa shape index (κ2) is 10.6. The van der Waals surface area contributed by atoms with Crippen molar-refractivity contribution in [1.29, 1.82) is 0 Å². The van der Waals surface area contributed by atoms with Crippen molar-refractivity contribution in [3.63, 3.8) is 0 Å². The fraction of sp³-hybridized carbons (Fsp3) is 0.440. The molecule has 0 aromatic heterocycles. The van der Waals surface area contributed by atoms with Crippen LogP contribution < -0.4 is 5.32 Å². The predicted molar refractivity (Wildman–Crippen MR) is 123 cm³/mol. The van der Waals surface area contributed by atoms with Crippen molar-refractivity contribution in [3.05, 3.63) is 71.8 Å². The lowest BCUT2D eigenvalue weighted by Gasteiger charge is -2.47. The van der Waals surface area contributed by atoms with Crippen LogP contribution in [-0.4, -0.2) is 70.7 Å². The highest BCUT2D eigenvalue weighted by atomic mass is 16.7. The minimum absolute atomic E-state index is 0.0221. The van der Waals surface area contributed by atoms with Gasteiger partial charge in [0.05, 0.1) is 19.6 Å². The van der Waals surface area contributed by atoms with E-state index in [1.54, 1.807) is 6.92 Å². The standard InChI is InChI=1S/C25H30N2O8/c1-2-24(30)20(13-26-22(28)32-15-18-9-5-3-6-10-18)34-25(31)17-27(14-21(25)35-24)23(29)33-16-19-11-7-4-8-12-19/h3-12,20-21,30-31H,2,13-17H2,1H3,(H,26,28). The summed E-state index contributed by atoms with van der Waals surface area (Å²) in [5, 5.41) is 24.6. The number of likely N-dealkylation sites (tertiary alicyclic amines) is 1. The van der Waals surface area contributed by atoms with Gasteiger partial charge in [0.25, 0.3) is 0 Å². The zero-order chi connectivity index (χ0) is 24.9. The van der Waals surface area contributed by atoms with E-state index in [9.17, 15) is 19.8 Å². The number of amides is 2. The lowest BCUT2D eigenvalue weighted by Crippen LogP contribution is -2.65. The van der Waals surface area contributed by atoms with Gasteiger partial charge >= 0.3 is 12.2 Å². The van der Waals surface area contributed by atoms with E-state index >= 15 is 0 Å². The van der Waals surface area contributed by atoms with Gasteiger partial charge in [0.1, 0.15) is 25.4 Å². The highest BCUT2D eigenvalue weighted by Gasteiger charge is 2.60. The summed E-state index contributed by atoms with van der Waals surface area (Å²) in [5.41, 5.74) is 1.65. The van der Waals surface area contributed by atoms with E-state index < -0.39 is 36.0 Å². The number of rotatable bonds is 7. The lowest BCUT2D eigenvalue weighted by atomic mass is 10.0. The molecule has 0 radical (unpaired) electrons. The molecule has 10 nitrogen and oxygen atoms in total. The number of aliphatic hydroxyl groups is 2. The molecule has 2 saturated heterocycles. The topological polar surface area (TPSA) is 127 Å². The summed E-state index contributed by atoms with van der Waals surface area (Å²) in [6, 6.07) is 18.4. The Balaban J connectivity index is 1.32. The summed E-state index contributed by atoms with van der Waals surface area (Å²) in [6.45, 7) is 1.45. The van der Waals surface area contributed by atoms with Gasteiger partial charge in [-0.05, 0) is 11.1 Å². The van der Waals surface area contributed by atoms with Crippen molar-refractivity contribution in [1.82, 2.24) is 10.2 Å². The van der Waals surface area contributed by atoms with Gasteiger partial charge in [-0.25, -0.2) is 9.59 Å². The second-order valence-electron chi connectivity index (χ2n) is 8.62. The van der Waals surface area contributed by atoms with Gasteiger partial charge in [0.2, 0.25) is 5.79 Å². The van der Waals surface area contributed by atoms with Crippen LogP contribution in [0.1, 0.15) is 24.5 Å². The molecule has 2 aliphatic heterocycles. The van der Waals surface area contributed by atoms with Gasteiger partial charge in [0, 0.05) is 6.42 Å². The normalized spacial score (nSPS) is 27.7. The van der Waals surface area contributed by atoms with Crippen molar-refractivity contribution in [3.8, 4) is 0 Å². The fourth-order valence-electron chi connectivity index (χ4n) is 4.10. The van der Waals surface area contributed by atoms with Crippen molar-refractivity contribution in [2.45, 2.75) is 50.3 Å². The zero-order valence-electron chi connectivity index (χ0n) is 19.5. The van der Waals surface area contributed by atoms with Gasteiger partial charge in [-0.3, -0.25) is 4.90 Å². The number of carbonyl (C=O) groups excluding carboxylic acids is 2. The molecule has 4 rings (SSSR count). The minimum atomic E-state index is -1.87. The van der Waals surface area contributed by atoms with Crippen LogP contribution in [0.5, 0.6) is 0 Å². The van der Waals surface area contributed by atoms with E-state index in [2.05, 4.69) is 5.32 Å². The molecule has 0 spiro atoms. The predicted octanol–water partition coefficient (Wildman–Crippen LogP) is 2.14. The number of alkyl carbamates (subject to hydrolysis) is 1. The summed E-state index contributed by atoms with van der Waals surface area (Å²) in [5.74, 6) is -3.65. The van der Waals surface area contributed by atoms with Crippen LogP contribution in [0.4, 0.5) is 9.59 Å². The van der Waals surface area contributed by atoms with E-state index in [1.165, 1.54) is 4.90 Å². The van der Waals surface area contributed by atoms with E-state index in [0.717, 1.165) is 11.1 Å². The molecule has 4 atom stereocenters. The number of ether oxygens (including phenoxy) is 4. The van der Waals surface area contributed by atoms with Gasteiger partial charge in [0.15, 0.2) is 5.79 Å². The third-order valence-corrected chi connectivity index (χ3v) is 6.12. The Labute approximate surface area is 203 Å². The first-order valence-corrected chi connectivity index (χ1v) is 11.5. The average molecular weight is 487 g/mol. The monoisotopic (exact) mass is 486 g/mol. The molecule has 4 unspecified atom stereocenters. The number of β-amino-alcohol motifs (C(OH)–C–C–N with tert-alkyl or cyclic N) is 1. The quantitative estimate of drug-likeness (QED) is 0.543. The first-order valence-electron chi connectivity index (χ1n) is 11.5. The zero-order valence-corrected chi connectivity index (χ0v) is 19.5. The Bertz CT molecular complexity index is 1010. The van der Waals surface area contributed by atoms with Crippen LogP contribution in [0, 0.1) is 0 Å². The minimum Gasteiger partial charge on any atom is -0.445 e. The van der Waals surface area contributed by atoms with Gasteiger partial charge in [-0.15, -0.1) is 0 Å². The highest BCUT2D eigenvalue weighted by molar-refractivity contribution is 5.68. The van der Waals surface area contributed by atoms with Crippen LogP contribution in [0.25, 0.3) is 0 Å². The van der Waals surface area contributed by atoms with Gasteiger partial charge in [-0.1, -0.05) is 67.6 Å². The molecular formula is C25H30N2O8. The molecule has 2 aromatic carbocycles. The number of fused-ring (bicyclic) bond motifs is 1. The van der Waals surface area contributed by atoms with E-state index in [-0.39, 0.29) is 39.3 Å². The molecular weight excluding hydrogens is 456 g/mol. The number of hydrogen-bond donors (Lipinski definition) is 3. The van der Waals surface area contributed by atoms with Crippen molar-refractivity contribution in [2.24, 2.45) is 0 Å². The maximum absolute atomic E-state index is 12.6. The summed E-state index contributed by atoms with van der Waals surface area (Å²) in [6.07, 6.45) is -3.30. The number of nitrogens with one attached hydrogen (secondary N) is 1. The molecule has 2 aromatic rings. The van der Waals surface area contributed by atoms with Gasteiger partial charge in [-0.2, -0.15) is 0 Å². The Morgan fingerprint density at radius 1 is 1.00 bits per heavy atom. The Morgan fingerprint density at radius 3 is 2.20 bits per heavy atom. The van der Waals surface area contributed by atoms with Crippen molar-refractivity contribution in [2.75, 3.05) is 19.6 Å². The molecule has 0 saturated carbocycles. The summed E-state index contributed by atoms with van der Waals surface area (Å²) in [4.78, 5) is 26.0. The molecule has 2 fully saturated rings. The molecule has 3 N–H and O–H groups in total. The SMILES string of the molecule is CCC1(O)OC2CN(C(=O)OCc3ccccc3)CC2(O)OC1CNC(=O)OCc1ccccc1. The van der Waals surface area contributed by atoms with Crippen molar-refractivity contribution >= 4 is 12.2 Å². The smallest absolute Gasteiger partial charge is 0.410 e. The molecule has 35 heavy (non-hydrogen) atoms. The van der Waals surface area contributed by atoms with E-state index in [0.29, 0.717) is 0 Å². The fourth-order valence-corrected chi connectivity index (χ4v) is 4.10. The lowest BCUT2D eigenvalue weighted by molar-refractivity contribution is -0.409. The Kier molecular flexibility index (Phi) is 7.56. The van der Waals surface area contributed by atoms with Crippen LogP contribution in [0.2, 0.25) is 0 Å². The molecule has 10 heteroatoms. The van der Waals surface area contributed by atoms with E-state index in [1.807, 2.05) is 60.7 Å². The largest absolute Gasteiger partial charge is 0.445 e. The number of benzene rings is 2. The van der Waals surface area contributed by atoms with Gasteiger partial charge < -0.3 is 34.5 Å². The number of hydrogen-bond acceptors (Lipinski definition) is 8. The van der Waals surface area contributed by atoms with Crippen LogP contribution in [0.3, 0.4) is 0 Å². The molecule has 2 amide bonds. The van der Waals surface area contributed by atoms with Crippen molar-refractivity contribution < 1.29 is 38.7 Å². The third-order valence-electron chi connectivity index (χ3n) is 6.12. The Morgan fingerprint density at radius 2 is 1.60 bits per heavy atom.